The summed E-state index contributed by atoms with van der Waals surface area (Å²) in [6, 6.07) is 11.1. The van der Waals surface area contributed by atoms with Crippen molar-refractivity contribution in [2.45, 2.75) is 50.9 Å². The Kier molecular flexibility index (Phi) is 6.74. The van der Waals surface area contributed by atoms with Crippen molar-refractivity contribution in [1.29, 1.82) is 0 Å². The van der Waals surface area contributed by atoms with E-state index >= 15 is 0 Å². The third kappa shape index (κ3) is 4.76. The first kappa shape index (κ1) is 23.3. The highest BCUT2D eigenvalue weighted by Crippen LogP contribution is 2.41. The zero-order valence-electron chi connectivity index (χ0n) is 18.0. The SMILES string of the molecule is CCC1CCC(C)(C(NC(=O)c2c(F)cccc2C(F)(F)F)c2ccccc2)N(C)C1. The fourth-order valence-electron chi connectivity index (χ4n) is 4.51. The largest absolute Gasteiger partial charge is 0.417 e. The molecule has 1 N–H and O–H groups in total. The van der Waals surface area contributed by atoms with Crippen LogP contribution in [0.25, 0.3) is 0 Å². The van der Waals surface area contributed by atoms with E-state index in [1.807, 2.05) is 44.3 Å². The number of halogens is 4. The maximum Gasteiger partial charge on any atom is 0.417 e. The van der Waals surface area contributed by atoms with Crippen LogP contribution in [-0.4, -0.2) is 29.9 Å². The van der Waals surface area contributed by atoms with Crippen LogP contribution in [0.3, 0.4) is 0 Å². The second-order valence-corrected chi connectivity index (χ2v) is 8.53. The van der Waals surface area contributed by atoms with Gasteiger partial charge in [-0.05, 0) is 50.4 Å². The van der Waals surface area contributed by atoms with Crippen LogP contribution in [0.2, 0.25) is 0 Å². The normalized spacial score (nSPS) is 23.4. The van der Waals surface area contributed by atoms with Gasteiger partial charge in [0.15, 0.2) is 0 Å². The molecule has 1 amide bonds. The number of alkyl halides is 3. The molecule has 168 valence electrons. The number of rotatable bonds is 5. The zero-order valence-corrected chi connectivity index (χ0v) is 18.0. The predicted molar refractivity (Wildman–Crippen MR) is 112 cm³/mol. The lowest BCUT2D eigenvalue weighted by molar-refractivity contribution is -0.138. The monoisotopic (exact) mass is 436 g/mol. The van der Waals surface area contributed by atoms with Gasteiger partial charge in [0.2, 0.25) is 0 Å². The molecule has 1 saturated heterocycles. The van der Waals surface area contributed by atoms with Gasteiger partial charge in [0, 0.05) is 12.1 Å². The molecule has 1 heterocycles. The van der Waals surface area contributed by atoms with Crippen LogP contribution in [0.5, 0.6) is 0 Å². The van der Waals surface area contributed by atoms with Gasteiger partial charge in [0.1, 0.15) is 5.82 Å². The molecule has 0 spiro atoms. The van der Waals surface area contributed by atoms with E-state index in [0.29, 0.717) is 5.92 Å². The Balaban J connectivity index is 2.01. The number of hydrogen-bond acceptors (Lipinski definition) is 2. The van der Waals surface area contributed by atoms with E-state index in [9.17, 15) is 22.4 Å². The average molecular weight is 436 g/mol. The fraction of sp³-hybridized carbons (Fsp3) is 0.458. The minimum atomic E-state index is -4.84. The molecular weight excluding hydrogens is 408 g/mol. The maximum absolute atomic E-state index is 14.4. The van der Waals surface area contributed by atoms with Crippen LogP contribution in [-0.2, 0) is 6.18 Å². The molecule has 0 bridgehead atoms. The molecule has 0 aromatic heterocycles. The number of likely N-dealkylation sites (tertiary alicyclic amines) is 1. The molecule has 1 aliphatic heterocycles. The number of carbonyl (C=O) groups is 1. The number of amides is 1. The van der Waals surface area contributed by atoms with Crippen LogP contribution < -0.4 is 5.32 Å². The summed E-state index contributed by atoms with van der Waals surface area (Å²) in [6.07, 6.45) is -2.10. The molecule has 1 aliphatic rings. The Morgan fingerprint density at radius 1 is 1.19 bits per heavy atom. The Morgan fingerprint density at radius 2 is 1.87 bits per heavy atom. The van der Waals surface area contributed by atoms with Crippen molar-refractivity contribution < 1.29 is 22.4 Å². The topological polar surface area (TPSA) is 32.3 Å². The van der Waals surface area contributed by atoms with Gasteiger partial charge in [-0.3, -0.25) is 9.69 Å². The van der Waals surface area contributed by atoms with Crippen molar-refractivity contribution in [3.8, 4) is 0 Å². The van der Waals surface area contributed by atoms with Gasteiger partial charge in [-0.15, -0.1) is 0 Å². The molecule has 7 heteroatoms. The van der Waals surface area contributed by atoms with Crippen LogP contribution in [0, 0.1) is 11.7 Å². The Morgan fingerprint density at radius 3 is 2.45 bits per heavy atom. The molecule has 0 saturated carbocycles. The van der Waals surface area contributed by atoms with Crippen LogP contribution in [0.1, 0.15) is 60.6 Å². The number of nitrogens with zero attached hydrogens (tertiary/aromatic N) is 1. The first-order valence-electron chi connectivity index (χ1n) is 10.5. The smallest absolute Gasteiger partial charge is 0.343 e. The molecule has 3 unspecified atom stereocenters. The Bertz CT molecular complexity index is 916. The third-order valence-electron chi connectivity index (χ3n) is 6.62. The molecule has 2 aromatic rings. The summed E-state index contributed by atoms with van der Waals surface area (Å²) in [5.41, 5.74) is -2.01. The number of piperidine rings is 1. The highest BCUT2D eigenvalue weighted by atomic mass is 19.4. The number of carbonyl (C=O) groups excluding carboxylic acids is 1. The second-order valence-electron chi connectivity index (χ2n) is 8.53. The lowest BCUT2D eigenvalue weighted by Crippen LogP contribution is -2.58. The van der Waals surface area contributed by atoms with Gasteiger partial charge in [-0.2, -0.15) is 13.2 Å². The molecule has 2 aromatic carbocycles. The zero-order chi connectivity index (χ0) is 22.8. The summed E-state index contributed by atoms with van der Waals surface area (Å²) >= 11 is 0. The highest BCUT2D eigenvalue weighted by molar-refractivity contribution is 5.96. The fourth-order valence-corrected chi connectivity index (χ4v) is 4.51. The molecule has 3 nitrogen and oxygen atoms in total. The van der Waals surface area contributed by atoms with E-state index in [1.165, 1.54) is 0 Å². The van der Waals surface area contributed by atoms with Gasteiger partial charge < -0.3 is 5.32 Å². The molecule has 1 fully saturated rings. The first-order chi connectivity index (χ1) is 14.6. The number of likely N-dealkylation sites (N-methyl/N-ethyl adjacent to an activating group) is 1. The lowest BCUT2D eigenvalue weighted by atomic mass is 9.75. The van der Waals surface area contributed by atoms with Gasteiger partial charge in [0.25, 0.3) is 5.91 Å². The van der Waals surface area contributed by atoms with Crippen molar-refractivity contribution in [2.75, 3.05) is 13.6 Å². The maximum atomic E-state index is 14.4. The van der Waals surface area contributed by atoms with E-state index in [2.05, 4.69) is 17.1 Å². The molecule has 3 rings (SSSR count). The van der Waals surface area contributed by atoms with Gasteiger partial charge in [0.05, 0.1) is 17.2 Å². The van der Waals surface area contributed by atoms with Gasteiger partial charge in [-0.25, -0.2) is 4.39 Å². The number of benzene rings is 2. The van der Waals surface area contributed by atoms with Gasteiger partial charge in [-0.1, -0.05) is 49.7 Å². The predicted octanol–water partition coefficient (Wildman–Crippen LogP) is 5.83. The first-order valence-corrected chi connectivity index (χ1v) is 10.5. The van der Waals surface area contributed by atoms with E-state index in [-0.39, 0.29) is 0 Å². The van der Waals surface area contributed by atoms with E-state index in [4.69, 9.17) is 0 Å². The Labute approximate surface area is 180 Å². The number of nitrogens with one attached hydrogen (secondary N) is 1. The highest BCUT2D eigenvalue weighted by Gasteiger charge is 2.44. The summed E-state index contributed by atoms with van der Waals surface area (Å²) in [7, 11) is 1.97. The van der Waals surface area contributed by atoms with Crippen molar-refractivity contribution in [3.05, 3.63) is 71.0 Å². The van der Waals surface area contributed by atoms with Crippen molar-refractivity contribution >= 4 is 5.91 Å². The summed E-state index contributed by atoms with van der Waals surface area (Å²) in [5, 5.41) is 2.76. The van der Waals surface area contributed by atoms with Crippen molar-refractivity contribution in [2.24, 2.45) is 5.92 Å². The summed E-state index contributed by atoms with van der Waals surface area (Å²) < 4.78 is 54.8. The van der Waals surface area contributed by atoms with Crippen molar-refractivity contribution in [3.63, 3.8) is 0 Å². The minimum Gasteiger partial charge on any atom is -0.343 e. The van der Waals surface area contributed by atoms with Crippen LogP contribution >= 0.6 is 0 Å². The standard InChI is InChI=1S/C24H28F4N2O/c1-4-16-13-14-23(2,30(3)15-16)21(17-9-6-5-7-10-17)29-22(31)20-18(24(26,27)28)11-8-12-19(20)25/h5-12,16,21H,4,13-15H2,1-3H3,(H,29,31). The van der Waals surface area contributed by atoms with E-state index in [1.54, 1.807) is 0 Å². The molecule has 31 heavy (non-hydrogen) atoms. The number of hydrogen-bond donors (Lipinski definition) is 1. The van der Waals surface area contributed by atoms with Crippen LogP contribution in [0.15, 0.2) is 48.5 Å². The van der Waals surface area contributed by atoms with Crippen molar-refractivity contribution in [1.82, 2.24) is 10.2 Å². The second kappa shape index (κ2) is 8.99. The molecular formula is C24H28F4N2O. The average Bonchev–Trinajstić information content (AvgIpc) is 2.73. The summed E-state index contributed by atoms with van der Waals surface area (Å²) in [6.45, 7) is 4.96. The Hall–Kier alpha value is -2.41. The van der Waals surface area contributed by atoms with E-state index in [0.717, 1.165) is 49.6 Å². The quantitative estimate of drug-likeness (QED) is 0.599. The summed E-state index contributed by atoms with van der Waals surface area (Å²) in [4.78, 5) is 15.2. The van der Waals surface area contributed by atoms with E-state index < -0.39 is 40.6 Å². The molecule has 0 radical (unpaired) electrons. The third-order valence-corrected chi connectivity index (χ3v) is 6.62. The minimum absolute atomic E-state index is 0.522. The molecule has 3 atom stereocenters. The van der Waals surface area contributed by atoms with Gasteiger partial charge >= 0.3 is 6.18 Å². The summed E-state index contributed by atoms with van der Waals surface area (Å²) in [5.74, 6) is -1.73. The van der Waals surface area contributed by atoms with Crippen LogP contribution in [0.4, 0.5) is 17.6 Å². The lowest BCUT2D eigenvalue weighted by Gasteiger charge is -2.50. The molecule has 0 aliphatic carbocycles.